The third-order valence-corrected chi connectivity index (χ3v) is 5.00. The highest BCUT2D eigenvalue weighted by molar-refractivity contribution is 5.95. The molecule has 0 saturated heterocycles. The van der Waals surface area contributed by atoms with Gasteiger partial charge in [0.2, 0.25) is 0 Å². The number of aldehydes is 1. The summed E-state index contributed by atoms with van der Waals surface area (Å²) >= 11 is 0. The van der Waals surface area contributed by atoms with Crippen LogP contribution in [0.15, 0.2) is 78.9 Å². The Labute approximate surface area is 205 Å². The Kier molecular flexibility index (Phi) is 13.6. The first-order chi connectivity index (χ1) is 16.5. The summed E-state index contributed by atoms with van der Waals surface area (Å²) in [6, 6.07) is 22.8. The summed E-state index contributed by atoms with van der Waals surface area (Å²) in [7, 11) is 0. The van der Waals surface area contributed by atoms with Crippen molar-refractivity contribution >= 4 is 17.8 Å². The number of unbranched alkanes of at least 4 members (excludes halogenated alkanes) is 2. The van der Waals surface area contributed by atoms with Gasteiger partial charge in [-0.15, -0.1) is 0 Å². The van der Waals surface area contributed by atoms with Gasteiger partial charge in [0.25, 0.3) is 0 Å². The fourth-order valence-corrected chi connectivity index (χ4v) is 3.23. The summed E-state index contributed by atoms with van der Waals surface area (Å²) in [6.07, 6.45) is 6.22. The van der Waals surface area contributed by atoms with E-state index in [9.17, 15) is 9.59 Å². The fraction of sp³-hybridized carbons (Fsp3) is 0.290. The zero-order valence-electron chi connectivity index (χ0n) is 21.4. The molecule has 3 heteroatoms. The Balaban J connectivity index is 0.000000733. The Bertz CT molecular complexity index is 1060. The van der Waals surface area contributed by atoms with E-state index in [1.165, 1.54) is 25.3 Å². The molecule has 0 radical (unpaired) electrons. The molecule has 3 rings (SSSR count). The molecule has 0 saturated carbocycles. The first-order valence-electron chi connectivity index (χ1n) is 12.1. The Morgan fingerprint density at radius 1 is 0.853 bits per heavy atom. The van der Waals surface area contributed by atoms with Gasteiger partial charge in [0.15, 0.2) is 5.78 Å². The van der Waals surface area contributed by atoms with Crippen LogP contribution in [0.2, 0.25) is 0 Å². The number of hydrogen-bond donors (Lipinski definition) is 0. The van der Waals surface area contributed by atoms with Gasteiger partial charge in [-0.3, -0.25) is 9.59 Å². The molecule has 3 aromatic rings. The number of aryl methyl sites for hydroxylation is 1. The molecular weight excluding hydrogens is 420 g/mol. The molecule has 3 nitrogen and oxygen atoms in total. The fourth-order valence-electron chi connectivity index (χ4n) is 3.23. The molecule has 0 amide bonds. The average Bonchev–Trinajstić information content (AvgIpc) is 2.86. The Morgan fingerprint density at radius 3 is 2.03 bits per heavy atom. The van der Waals surface area contributed by atoms with Crippen LogP contribution in [-0.4, -0.2) is 12.1 Å². The van der Waals surface area contributed by atoms with Crippen molar-refractivity contribution in [3.8, 4) is 16.9 Å². The van der Waals surface area contributed by atoms with Crippen molar-refractivity contribution in [2.75, 3.05) is 0 Å². The zero-order valence-corrected chi connectivity index (χ0v) is 21.4. The van der Waals surface area contributed by atoms with Crippen LogP contribution >= 0.6 is 0 Å². The van der Waals surface area contributed by atoms with Crippen molar-refractivity contribution in [2.24, 2.45) is 0 Å². The third kappa shape index (κ3) is 9.19. The smallest absolute Gasteiger partial charge is 0.159 e. The van der Waals surface area contributed by atoms with Crippen LogP contribution in [0.5, 0.6) is 5.75 Å². The van der Waals surface area contributed by atoms with Gasteiger partial charge >= 0.3 is 0 Å². The minimum absolute atomic E-state index is 0.0278. The van der Waals surface area contributed by atoms with E-state index in [0.717, 1.165) is 28.5 Å². The van der Waals surface area contributed by atoms with Gasteiger partial charge in [-0.2, -0.15) is 0 Å². The molecule has 0 aromatic heterocycles. The zero-order chi connectivity index (χ0) is 25.3. The minimum atomic E-state index is 0.0278. The van der Waals surface area contributed by atoms with E-state index in [-0.39, 0.29) is 5.78 Å². The molecule has 0 fully saturated rings. The predicted octanol–water partition coefficient (Wildman–Crippen LogP) is 8.71. The molecule has 0 bridgehead atoms. The van der Waals surface area contributed by atoms with Crippen molar-refractivity contribution in [2.45, 2.75) is 60.8 Å². The van der Waals surface area contributed by atoms with Gasteiger partial charge in [0, 0.05) is 17.2 Å². The number of rotatable bonds is 8. The first kappa shape index (κ1) is 28.6. The number of Topliss-reactive ketones (excluding diaryl/α,β-unsaturated/α-hetero) is 1. The molecule has 0 unspecified atom stereocenters. The maximum Gasteiger partial charge on any atom is 0.159 e. The molecule has 0 atom stereocenters. The van der Waals surface area contributed by atoms with E-state index < -0.39 is 0 Å². The third-order valence-electron chi connectivity index (χ3n) is 5.00. The highest BCUT2D eigenvalue weighted by Gasteiger charge is 2.09. The maximum atomic E-state index is 11.6. The number of ether oxygens (including phenoxy) is 1. The van der Waals surface area contributed by atoms with E-state index in [1.807, 2.05) is 87.5 Å². The molecule has 0 aliphatic heterocycles. The molecule has 0 spiro atoms. The molecule has 0 aliphatic carbocycles. The lowest BCUT2D eigenvalue weighted by Gasteiger charge is -2.13. The number of carbonyl (C=O) groups excluding carboxylic acids is 2. The van der Waals surface area contributed by atoms with Crippen LogP contribution in [0.25, 0.3) is 16.9 Å². The van der Waals surface area contributed by atoms with Crippen LogP contribution in [0, 0.1) is 6.92 Å². The lowest BCUT2D eigenvalue weighted by molar-refractivity contribution is -0.104. The van der Waals surface area contributed by atoms with E-state index in [0.29, 0.717) is 17.1 Å². The van der Waals surface area contributed by atoms with Crippen molar-refractivity contribution in [3.63, 3.8) is 0 Å². The van der Waals surface area contributed by atoms with Gasteiger partial charge < -0.3 is 4.74 Å². The minimum Gasteiger partial charge on any atom is -0.457 e. The van der Waals surface area contributed by atoms with Gasteiger partial charge in [0.05, 0.1) is 0 Å². The molecule has 34 heavy (non-hydrogen) atoms. The average molecular weight is 459 g/mol. The van der Waals surface area contributed by atoms with Crippen LogP contribution in [0.3, 0.4) is 0 Å². The summed E-state index contributed by atoms with van der Waals surface area (Å²) < 4.78 is 6.02. The Hall–Kier alpha value is -3.46. The predicted molar refractivity (Wildman–Crippen MR) is 144 cm³/mol. The van der Waals surface area contributed by atoms with Crippen LogP contribution in [-0.2, 0) is 4.79 Å². The number of benzene rings is 3. The summed E-state index contributed by atoms with van der Waals surface area (Å²) in [5.74, 6) is 1.15. The highest BCUT2D eigenvalue weighted by Crippen LogP contribution is 2.28. The first-order valence-corrected chi connectivity index (χ1v) is 12.1. The highest BCUT2D eigenvalue weighted by atomic mass is 16.5. The van der Waals surface area contributed by atoms with E-state index in [1.54, 1.807) is 13.0 Å². The van der Waals surface area contributed by atoms with Crippen molar-refractivity contribution in [3.05, 3.63) is 95.6 Å². The van der Waals surface area contributed by atoms with Gasteiger partial charge in [0.1, 0.15) is 17.8 Å². The number of hydrogen-bond acceptors (Lipinski definition) is 3. The molecule has 180 valence electrons. The number of carbonyl (C=O) groups is 2. The molecule has 3 aromatic carbocycles. The topological polar surface area (TPSA) is 43.4 Å². The number of allylic oxidation sites excluding steroid dienone is 1. The molecule has 0 aliphatic rings. The van der Waals surface area contributed by atoms with Crippen LogP contribution in [0.1, 0.15) is 75.4 Å². The molecule has 0 heterocycles. The largest absolute Gasteiger partial charge is 0.457 e. The summed E-state index contributed by atoms with van der Waals surface area (Å²) in [4.78, 5) is 22.7. The van der Waals surface area contributed by atoms with Gasteiger partial charge in [-0.05, 0) is 48.7 Å². The maximum absolute atomic E-state index is 11.6. The summed E-state index contributed by atoms with van der Waals surface area (Å²) in [5, 5.41) is 0. The monoisotopic (exact) mass is 458 g/mol. The lowest BCUT2D eigenvalue weighted by Crippen LogP contribution is -1.98. The molecule has 0 N–H and O–H groups in total. The second kappa shape index (κ2) is 16.2. The van der Waals surface area contributed by atoms with Crippen molar-refractivity contribution < 1.29 is 14.3 Å². The summed E-state index contributed by atoms with van der Waals surface area (Å²) in [5.41, 5.74) is 4.43. The van der Waals surface area contributed by atoms with E-state index >= 15 is 0 Å². The van der Waals surface area contributed by atoms with Gasteiger partial charge in [-0.1, -0.05) is 102 Å². The summed E-state index contributed by atoms with van der Waals surface area (Å²) in [6.45, 7) is 11.9. The van der Waals surface area contributed by atoms with Crippen LogP contribution < -0.4 is 4.74 Å². The van der Waals surface area contributed by atoms with Crippen molar-refractivity contribution in [1.29, 1.82) is 0 Å². The second-order valence-electron chi connectivity index (χ2n) is 7.60. The molecular formula is C31H38O3. The van der Waals surface area contributed by atoms with E-state index in [2.05, 4.69) is 13.8 Å². The second-order valence-corrected chi connectivity index (χ2v) is 7.60. The van der Waals surface area contributed by atoms with Crippen LogP contribution in [0.4, 0.5) is 0 Å². The lowest BCUT2D eigenvalue weighted by atomic mass is 10.0. The quantitative estimate of drug-likeness (QED) is 0.147. The Morgan fingerprint density at radius 2 is 1.47 bits per heavy atom. The SMILES string of the molecule is CC.CC(=O)c1cccc(-c2cccc(O/C(=C/C=O)c3ccccc3C)c2)c1.CCCCC. The van der Waals surface area contributed by atoms with E-state index in [4.69, 9.17) is 4.74 Å². The number of ketones is 1. The van der Waals surface area contributed by atoms with Gasteiger partial charge in [-0.25, -0.2) is 0 Å². The van der Waals surface area contributed by atoms with Crippen molar-refractivity contribution in [1.82, 2.24) is 0 Å². The normalized spacial score (nSPS) is 10.2. The standard InChI is InChI=1S/C24H20O3.C5H12.C2H6/c1-17-7-3-4-12-23(17)24(13-14-25)27-22-11-6-10-21(16-22)20-9-5-8-19(15-20)18(2)26;1-3-5-4-2;1-2/h3-16H,1-2H3;3-5H2,1-2H3;1-2H3/b24-13+;;.